The quantitative estimate of drug-likeness (QED) is 0.882. The number of carbonyl (C=O) groups is 1. The molecule has 1 amide bonds. The van der Waals surface area contributed by atoms with Crippen LogP contribution in [0.15, 0.2) is 42.6 Å². The van der Waals surface area contributed by atoms with Gasteiger partial charge in [0.2, 0.25) is 0 Å². The number of benzene rings is 1. The monoisotopic (exact) mass is 285 g/mol. The lowest BCUT2D eigenvalue weighted by Gasteiger charge is -2.16. The number of nitrogens with zero attached hydrogens (tertiary/aromatic N) is 2. The second-order valence-electron chi connectivity index (χ2n) is 4.82. The third-order valence-corrected chi connectivity index (χ3v) is 3.22. The molecular formula is C16H19N3O2. The Morgan fingerprint density at radius 2 is 2.05 bits per heavy atom. The average molecular weight is 285 g/mol. The molecule has 0 atom stereocenters. The van der Waals surface area contributed by atoms with Gasteiger partial charge in [0.25, 0.3) is 5.91 Å². The van der Waals surface area contributed by atoms with E-state index in [1.807, 2.05) is 43.1 Å². The lowest BCUT2D eigenvalue weighted by atomic mass is 10.1. The molecule has 110 valence electrons. The van der Waals surface area contributed by atoms with Crippen molar-refractivity contribution in [2.45, 2.75) is 6.92 Å². The Kier molecular flexibility index (Phi) is 4.90. The van der Waals surface area contributed by atoms with Gasteiger partial charge in [-0.1, -0.05) is 18.2 Å². The first kappa shape index (κ1) is 15.0. The summed E-state index contributed by atoms with van der Waals surface area (Å²) in [7, 11) is 1.85. The number of aliphatic hydroxyl groups is 1. The van der Waals surface area contributed by atoms with Crippen LogP contribution < -0.4 is 10.2 Å². The lowest BCUT2D eigenvalue weighted by Crippen LogP contribution is -2.22. The molecule has 2 N–H and O–H groups in total. The Hall–Kier alpha value is -2.40. The lowest BCUT2D eigenvalue weighted by molar-refractivity contribution is 0.102. The summed E-state index contributed by atoms with van der Waals surface area (Å²) >= 11 is 0. The van der Waals surface area contributed by atoms with Crippen LogP contribution in [0, 0.1) is 6.92 Å². The number of hydrogen-bond donors (Lipinski definition) is 2. The normalized spacial score (nSPS) is 10.2. The average Bonchev–Trinajstić information content (AvgIpc) is 2.48. The summed E-state index contributed by atoms with van der Waals surface area (Å²) in [6, 6.07) is 11.0. The van der Waals surface area contributed by atoms with Gasteiger partial charge < -0.3 is 15.3 Å². The zero-order valence-corrected chi connectivity index (χ0v) is 12.2. The van der Waals surface area contributed by atoms with E-state index in [9.17, 15) is 4.79 Å². The molecular weight excluding hydrogens is 266 g/mol. The van der Waals surface area contributed by atoms with E-state index in [4.69, 9.17) is 5.11 Å². The zero-order chi connectivity index (χ0) is 15.2. The van der Waals surface area contributed by atoms with E-state index in [2.05, 4.69) is 10.3 Å². The number of aryl methyl sites for hydroxylation is 1. The van der Waals surface area contributed by atoms with Gasteiger partial charge in [0.05, 0.1) is 18.5 Å². The molecule has 5 nitrogen and oxygen atoms in total. The molecule has 1 heterocycles. The standard InChI is InChI=1S/C16H19N3O2/c1-12-5-3-4-6-14(12)16(21)18-13-7-8-15(17-11-13)19(2)9-10-20/h3-8,11,20H,9-10H2,1-2H3,(H,18,21). The van der Waals surface area contributed by atoms with Crippen molar-refractivity contribution in [3.05, 3.63) is 53.7 Å². The molecule has 1 aromatic carbocycles. The van der Waals surface area contributed by atoms with E-state index in [1.165, 1.54) is 0 Å². The number of rotatable bonds is 5. The number of nitrogens with one attached hydrogen (secondary N) is 1. The molecule has 0 fully saturated rings. The van der Waals surface area contributed by atoms with Gasteiger partial charge >= 0.3 is 0 Å². The highest BCUT2D eigenvalue weighted by atomic mass is 16.3. The maximum atomic E-state index is 12.2. The van der Waals surface area contributed by atoms with Gasteiger partial charge in [-0.05, 0) is 30.7 Å². The third kappa shape index (κ3) is 3.79. The smallest absolute Gasteiger partial charge is 0.255 e. The second-order valence-corrected chi connectivity index (χ2v) is 4.82. The van der Waals surface area contributed by atoms with Crippen LogP contribution in [0.2, 0.25) is 0 Å². The molecule has 21 heavy (non-hydrogen) atoms. The topological polar surface area (TPSA) is 65.5 Å². The zero-order valence-electron chi connectivity index (χ0n) is 12.2. The molecule has 0 aliphatic carbocycles. The molecule has 5 heteroatoms. The Bertz CT molecular complexity index is 611. The number of pyridine rings is 1. The maximum absolute atomic E-state index is 12.2. The molecule has 0 bridgehead atoms. The number of anilines is 2. The number of hydrogen-bond acceptors (Lipinski definition) is 4. The van der Waals surface area contributed by atoms with Gasteiger partial charge in [-0.25, -0.2) is 4.98 Å². The fourth-order valence-electron chi connectivity index (χ4n) is 1.98. The van der Waals surface area contributed by atoms with Crippen molar-refractivity contribution in [3.63, 3.8) is 0 Å². The highest BCUT2D eigenvalue weighted by Gasteiger charge is 2.09. The van der Waals surface area contributed by atoms with Crippen molar-refractivity contribution < 1.29 is 9.90 Å². The van der Waals surface area contributed by atoms with E-state index in [0.717, 1.165) is 11.4 Å². The molecule has 0 saturated heterocycles. The summed E-state index contributed by atoms with van der Waals surface area (Å²) in [6.07, 6.45) is 1.61. The van der Waals surface area contributed by atoms with Crippen LogP contribution >= 0.6 is 0 Å². The maximum Gasteiger partial charge on any atom is 0.255 e. The Morgan fingerprint density at radius 1 is 1.29 bits per heavy atom. The third-order valence-electron chi connectivity index (χ3n) is 3.22. The SMILES string of the molecule is Cc1ccccc1C(=O)Nc1ccc(N(C)CCO)nc1. The van der Waals surface area contributed by atoms with Crippen LogP contribution in [0.4, 0.5) is 11.5 Å². The summed E-state index contributed by atoms with van der Waals surface area (Å²) in [5.41, 5.74) is 2.23. The first-order chi connectivity index (χ1) is 10.1. The predicted molar refractivity (Wildman–Crippen MR) is 83.7 cm³/mol. The number of likely N-dealkylation sites (N-methyl/N-ethyl adjacent to an activating group) is 1. The van der Waals surface area contributed by atoms with Crippen molar-refractivity contribution in [2.24, 2.45) is 0 Å². The summed E-state index contributed by atoms with van der Waals surface area (Å²) in [5.74, 6) is 0.601. The molecule has 0 aliphatic rings. The number of carbonyl (C=O) groups excluding carboxylic acids is 1. The van der Waals surface area contributed by atoms with Crippen LogP contribution in [-0.2, 0) is 0 Å². The van der Waals surface area contributed by atoms with Crippen LogP contribution in [0.3, 0.4) is 0 Å². The highest BCUT2D eigenvalue weighted by molar-refractivity contribution is 6.05. The van der Waals surface area contributed by atoms with Crippen LogP contribution in [0.5, 0.6) is 0 Å². The molecule has 0 saturated carbocycles. The second kappa shape index (κ2) is 6.85. The number of amides is 1. The molecule has 0 unspecified atom stereocenters. The minimum atomic E-state index is -0.147. The van der Waals surface area contributed by atoms with E-state index in [-0.39, 0.29) is 12.5 Å². The molecule has 0 spiro atoms. The number of aliphatic hydroxyl groups excluding tert-OH is 1. The Labute approximate surface area is 124 Å². The first-order valence-corrected chi connectivity index (χ1v) is 6.77. The van der Waals surface area contributed by atoms with Crippen molar-refractivity contribution in [1.29, 1.82) is 0 Å². The van der Waals surface area contributed by atoms with Crippen LogP contribution in [0.25, 0.3) is 0 Å². The van der Waals surface area contributed by atoms with E-state index in [0.29, 0.717) is 17.8 Å². The summed E-state index contributed by atoms with van der Waals surface area (Å²) in [4.78, 5) is 18.3. The van der Waals surface area contributed by atoms with E-state index in [1.54, 1.807) is 18.3 Å². The van der Waals surface area contributed by atoms with E-state index < -0.39 is 0 Å². The minimum absolute atomic E-state index is 0.0734. The summed E-state index contributed by atoms with van der Waals surface area (Å²) in [6.45, 7) is 2.49. The molecule has 2 aromatic rings. The molecule has 1 aromatic heterocycles. The van der Waals surface area contributed by atoms with Crippen LogP contribution in [0.1, 0.15) is 15.9 Å². The first-order valence-electron chi connectivity index (χ1n) is 6.77. The fourth-order valence-corrected chi connectivity index (χ4v) is 1.98. The van der Waals surface area contributed by atoms with Gasteiger partial charge in [-0.15, -0.1) is 0 Å². The van der Waals surface area contributed by atoms with Crippen LogP contribution in [-0.4, -0.2) is 36.2 Å². The van der Waals surface area contributed by atoms with E-state index >= 15 is 0 Å². The molecule has 0 aliphatic heterocycles. The molecule has 2 rings (SSSR count). The minimum Gasteiger partial charge on any atom is -0.395 e. The van der Waals surface area contributed by atoms with Gasteiger partial charge in [-0.2, -0.15) is 0 Å². The van der Waals surface area contributed by atoms with Crippen molar-refractivity contribution >= 4 is 17.4 Å². The fraction of sp³-hybridized carbons (Fsp3) is 0.250. The van der Waals surface area contributed by atoms with Gasteiger partial charge in [-0.3, -0.25) is 4.79 Å². The summed E-state index contributed by atoms with van der Waals surface area (Å²) in [5, 5.41) is 11.7. The summed E-state index contributed by atoms with van der Waals surface area (Å²) < 4.78 is 0. The van der Waals surface area contributed by atoms with Crippen molar-refractivity contribution in [1.82, 2.24) is 4.98 Å². The Balaban J connectivity index is 2.07. The Morgan fingerprint density at radius 3 is 2.67 bits per heavy atom. The predicted octanol–water partition coefficient (Wildman–Crippen LogP) is 2.07. The highest BCUT2D eigenvalue weighted by Crippen LogP contribution is 2.15. The van der Waals surface area contributed by atoms with Gasteiger partial charge in [0, 0.05) is 19.2 Å². The molecule has 0 radical (unpaired) electrons. The number of aromatic nitrogens is 1. The van der Waals surface area contributed by atoms with Crippen molar-refractivity contribution in [2.75, 3.05) is 30.4 Å². The van der Waals surface area contributed by atoms with Gasteiger partial charge in [0.15, 0.2) is 0 Å². The largest absolute Gasteiger partial charge is 0.395 e. The van der Waals surface area contributed by atoms with Gasteiger partial charge in [0.1, 0.15) is 5.82 Å². The van der Waals surface area contributed by atoms with Crippen molar-refractivity contribution in [3.8, 4) is 0 Å².